The van der Waals surface area contributed by atoms with Crippen LogP contribution in [0.2, 0.25) is 0 Å². The van der Waals surface area contributed by atoms with E-state index in [1.807, 2.05) is 12.3 Å². The predicted molar refractivity (Wildman–Crippen MR) is 85.9 cm³/mol. The molecule has 1 saturated heterocycles. The van der Waals surface area contributed by atoms with Crippen molar-refractivity contribution in [3.8, 4) is 0 Å². The van der Waals surface area contributed by atoms with E-state index in [9.17, 15) is 9.90 Å². The van der Waals surface area contributed by atoms with Gasteiger partial charge >= 0.3 is 0 Å². The molecule has 1 aliphatic carbocycles. The molecule has 0 bridgehead atoms. The maximum absolute atomic E-state index is 11.8. The van der Waals surface area contributed by atoms with Crippen LogP contribution < -0.4 is 4.90 Å². The number of hydrogen-bond acceptors (Lipinski definition) is 5. The summed E-state index contributed by atoms with van der Waals surface area (Å²) < 4.78 is 0. The minimum Gasteiger partial charge on any atom is -0.384 e. The number of carbonyl (C=O) groups excluding carboxylic acids is 1. The molecule has 3 heterocycles. The fourth-order valence-electron chi connectivity index (χ4n) is 3.93. The average molecular weight is 315 g/mol. The van der Waals surface area contributed by atoms with Gasteiger partial charge in [0, 0.05) is 32.9 Å². The lowest BCUT2D eigenvalue weighted by Crippen LogP contribution is -2.38. The van der Waals surface area contributed by atoms with E-state index in [0.29, 0.717) is 17.8 Å². The molecule has 1 aliphatic heterocycles. The number of carbonyl (C=O) groups is 1. The van der Waals surface area contributed by atoms with E-state index in [1.165, 1.54) is 6.92 Å². The van der Waals surface area contributed by atoms with Crippen molar-refractivity contribution in [3.63, 3.8) is 0 Å². The number of aromatic amines is 1. The van der Waals surface area contributed by atoms with Gasteiger partial charge < -0.3 is 19.9 Å². The van der Waals surface area contributed by atoms with Crippen molar-refractivity contribution in [1.82, 2.24) is 19.9 Å². The normalized spacial score (nSPS) is 27.1. The van der Waals surface area contributed by atoms with Crippen LogP contribution in [-0.2, 0) is 4.79 Å². The average Bonchev–Trinajstić information content (AvgIpc) is 2.96. The maximum atomic E-state index is 11.8. The second kappa shape index (κ2) is 5.19. The third-order valence-corrected chi connectivity index (χ3v) is 5.22. The van der Waals surface area contributed by atoms with Crippen molar-refractivity contribution < 1.29 is 9.90 Å². The summed E-state index contributed by atoms with van der Waals surface area (Å²) in [6, 6.07) is 2.00. The summed E-state index contributed by atoms with van der Waals surface area (Å²) in [4.78, 5) is 27.5. The number of piperidine rings is 1. The van der Waals surface area contributed by atoms with E-state index >= 15 is 0 Å². The number of nitrogens with zero attached hydrogens (tertiary/aromatic N) is 4. The van der Waals surface area contributed by atoms with Crippen molar-refractivity contribution >= 4 is 22.8 Å². The molecule has 4 rings (SSSR count). The van der Waals surface area contributed by atoms with E-state index in [4.69, 9.17) is 0 Å². The quantitative estimate of drug-likeness (QED) is 0.857. The smallest absolute Gasteiger partial charge is 0.251 e. The van der Waals surface area contributed by atoms with Gasteiger partial charge in [0.1, 0.15) is 23.9 Å². The Kier molecular flexibility index (Phi) is 3.26. The number of nitrogens with one attached hydrogen (secondary N) is 1. The van der Waals surface area contributed by atoms with Gasteiger partial charge in [-0.1, -0.05) is 0 Å². The van der Waals surface area contributed by atoms with E-state index in [0.717, 1.165) is 36.5 Å². The minimum absolute atomic E-state index is 0.144. The Morgan fingerprint density at radius 1 is 1.48 bits per heavy atom. The van der Waals surface area contributed by atoms with Crippen LogP contribution in [0.1, 0.15) is 6.92 Å². The largest absolute Gasteiger partial charge is 0.384 e. The van der Waals surface area contributed by atoms with Crippen molar-refractivity contribution in [3.05, 3.63) is 18.6 Å². The molecule has 4 atom stereocenters. The third kappa shape index (κ3) is 2.35. The summed E-state index contributed by atoms with van der Waals surface area (Å²) in [5, 5.41) is 10.4. The first-order valence-corrected chi connectivity index (χ1v) is 8.02. The highest BCUT2D eigenvalue weighted by atomic mass is 16.3. The Labute approximate surface area is 134 Å². The standard InChI is InChI=1S/C16H21N5O2/c1-9(22)16(23)21-6-12-11(13(12)7-21)5-20(2)15-10-3-4-17-14(10)18-8-19-15/h3-4,8-9,11-13,22H,5-7H2,1-2H3,(H,17,18,19)/t9-,11-,12+,13-/m0/s1. The summed E-state index contributed by atoms with van der Waals surface area (Å²) >= 11 is 0. The first-order chi connectivity index (χ1) is 11.1. The SMILES string of the molecule is C[C@H](O)C(=O)N1C[C@@H]2[C@H](C1)[C@@H]2CN(C)c1ncnc2[nH]ccc12. The van der Waals surface area contributed by atoms with Crippen molar-refractivity contribution in [2.45, 2.75) is 13.0 Å². The van der Waals surface area contributed by atoms with Crippen LogP contribution in [0.3, 0.4) is 0 Å². The van der Waals surface area contributed by atoms with Crippen LogP contribution in [0.4, 0.5) is 5.82 Å². The molecule has 1 amide bonds. The number of aromatic nitrogens is 3. The molecule has 0 spiro atoms. The second-order valence-corrected chi connectivity index (χ2v) is 6.73. The van der Waals surface area contributed by atoms with Crippen LogP contribution in [0.5, 0.6) is 0 Å². The molecule has 2 aromatic rings. The molecule has 2 fully saturated rings. The lowest BCUT2D eigenvalue weighted by Gasteiger charge is -2.24. The number of likely N-dealkylation sites (tertiary alicyclic amines) is 1. The molecule has 7 nitrogen and oxygen atoms in total. The van der Waals surface area contributed by atoms with E-state index in [2.05, 4.69) is 26.9 Å². The first kappa shape index (κ1) is 14.4. The predicted octanol–water partition coefficient (Wildman–Crippen LogP) is 0.479. The van der Waals surface area contributed by atoms with Crippen LogP contribution in [0, 0.1) is 17.8 Å². The molecule has 1 saturated carbocycles. The summed E-state index contributed by atoms with van der Waals surface area (Å²) in [7, 11) is 2.06. The number of anilines is 1. The molecule has 0 aromatic carbocycles. The Bertz CT molecular complexity index is 731. The van der Waals surface area contributed by atoms with Gasteiger partial charge in [-0.2, -0.15) is 0 Å². The van der Waals surface area contributed by atoms with E-state index in [1.54, 1.807) is 11.2 Å². The van der Waals surface area contributed by atoms with Crippen molar-refractivity contribution in [2.24, 2.45) is 17.8 Å². The zero-order valence-electron chi connectivity index (χ0n) is 13.3. The Balaban J connectivity index is 1.40. The Morgan fingerprint density at radius 3 is 2.91 bits per heavy atom. The molecule has 23 heavy (non-hydrogen) atoms. The van der Waals surface area contributed by atoms with Gasteiger partial charge in [0.05, 0.1) is 5.39 Å². The van der Waals surface area contributed by atoms with Crippen molar-refractivity contribution in [2.75, 3.05) is 31.6 Å². The number of hydrogen-bond donors (Lipinski definition) is 2. The number of aliphatic hydroxyl groups excluding tert-OH is 1. The summed E-state index contributed by atoms with van der Waals surface area (Å²) in [6.07, 6.45) is 2.57. The van der Waals surface area contributed by atoms with E-state index < -0.39 is 6.10 Å². The van der Waals surface area contributed by atoms with Gasteiger partial charge in [0.2, 0.25) is 0 Å². The first-order valence-electron chi connectivity index (χ1n) is 8.02. The van der Waals surface area contributed by atoms with Gasteiger partial charge in [0.15, 0.2) is 0 Å². The monoisotopic (exact) mass is 315 g/mol. The maximum Gasteiger partial charge on any atom is 0.251 e. The molecule has 7 heteroatoms. The lowest BCUT2D eigenvalue weighted by molar-refractivity contribution is -0.138. The lowest BCUT2D eigenvalue weighted by atomic mass is 10.2. The zero-order valence-corrected chi connectivity index (χ0v) is 13.3. The molecular formula is C16H21N5O2. The highest BCUT2D eigenvalue weighted by Crippen LogP contribution is 2.52. The second-order valence-electron chi connectivity index (χ2n) is 6.73. The van der Waals surface area contributed by atoms with Gasteiger partial charge in [-0.05, 0) is 30.7 Å². The highest BCUT2D eigenvalue weighted by Gasteiger charge is 2.56. The van der Waals surface area contributed by atoms with Crippen LogP contribution in [0.25, 0.3) is 11.0 Å². The number of aliphatic hydroxyl groups is 1. The topological polar surface area (TPSA) is 85.3 Å². The summed E-state index contributed by atoms with van der Waals surface area (Å²) in [5.41, 5.74) is 0.853. The fraction of sp³-hybridized carbons (Fsp3) is 0.562. The third-order valence-electron chi connectivity index (χ3n) is 5.22. The molecule has 122 valence electrons. The van der Waals surface area contributed by atoms with Gasteiger partial charge in [0.25, 0.3) is 5.91 Å². The fourth-order valence-corrected chi connectivity index (χ4v) is 3.93. The Morgan fingerprint density at radius 2 is 2.22 bits per heavy atom. The van der Waals surface area contributed by atoms with E-state index in [-0.39, 0.29) is 5.91 Å². The summed E-state index contributed by atoms with van der Waals surface area (Å²) in [5.74, 6) is 2.52. The highest BCUT2D eigenvalue weighted by molar-refractivity contribution is 5.87. The van der Waals surface area contributed by atoms with Gasteiger partial charge in [-0.25, -0.2) is 9.97 Å². The number of amides is 1. The van der Waals surface area contributed by atoms with Gasteiger partial charge in [-0.15, -0.1) is 0 Å². The molecule has 2 aromatic heterocycles. The molecule has 0 radical (unpaired) electrons. The number of H-pyrrole nitrogens is 1. The number of fused-ring (bicyclic) bond motifs is 2. The minimum atomic E-state index is -0.892. The Hall–Kier alpha value is -2.15. The molecule has 2 aliphatic rings. The molecule has 2 N–H and O–H groups in total. The number of rotatable bonds is 4. The summed E-state index contributed by atoms with van der Waals surface area (Å²) in [6.45, 7) is 4.02. The van der Waals surface area contributed by atoms with Gasteiger partial charge in [-0.3, -0.25) is 4.79 Å². The van der Waals surface area contributed by atoms with Crippen LogP contribution in [-0.4, -0.2) is 63.7 Å². The van der Waals surface area contributed by atoms with Crippen LogP contribution in [0.15, 0.2) is 18.6 Å². The molecular weight excluding hydrogens is 294 g/mol. The van der Waals surface area contributed by atoms with Crippen LogP contribution >= 0.6 is 0 Å². The molecule has 0 unspecified atom stereocenters. The zero-order chi connectivity index (χ0) is 16.1. The van der Waals surface area contributed by atoms with Crippen molar-refractivity contribution in [1.29, 1.82) is 0 Å².